The van der Waals surface area contributed by atoms with Gasteiger partial charge in [-0.25, -0.2) is 4.39 Å². The van der Waals surface area contributed by atoms with Crippen LogP contribution in [0.4, 0.5) is 4.39 Å². The van der Waals surface area contributed by atoms with Gasteiger partial charge in [0, 0.05) is 12.1 Å². The van der Waals surface area contributed by atoms with Crippen LogP contribution in [0, 0.1) is 5.82 Å². The Balaban J connectivity index is 2.14. The molecule has 2 rings (SSSR count). The van der Waals surface area contributed by atoms with Crippen molar-refractivity contribution < 1.29 is 4.39 Å². The van der Waals surface area contributed by atoms with E-state index in [-0.39, 0.29) is 17.9 Å². The molecule has 0 radical (unpaired) electrons. The lowest BCUT2D eigenvalue weighted by molar-refractivity contribution is 0.418. The molecule has 0 fully saturated rings. The highest BCUT2D eigenvalue weighted by Gasteiger charge is 2.16. The Labute approximate surface area is 120 Å². The summed E-state index contributed by atoms with van der Waals surface area (Å²) >= 11 is 0. The van der Waals surface area contributed by atoms with Crippen LogP contribution in [0.15, 0.2) is 48.7 Å². The summed E-state index contributed by atoms with van der Waals surface area (Å²) in [5.74, 6) is -0.293. The molecule has 2 nitrogen and oxygen atoms in total. The summed E-state index contributed by atoms with van der Waals surface area (Å²) in [6.45, 7) is 4.27. The number of halogens is 1. The van der Waals surface area contributed by atoms with Crippen molar-refractivity contribution in [2.75, 3.05) is 0 Å². The summed E-state index contributed by atoms with van der Waals surface area (Å²) in [5.41, 5.74) is 2.17. The predicted molar refractivity (Wildman–Crippen MR) is 79.8 cm³/mol. The Morgan fingerprint density at radius 1 is 1.00 bits per heavy atom. The van der Waals surface area contributed by atoms with E-state index in [9.17, 15) is 4.39 Å². The number of pyridine rings is 1. The Morgan fingerprint density at radius 2 is 1.70 bits per heavy atom. The van der Waals surface area contributed by atoms with Crippen LogP contribution in [-0.4, -0.2) is 4.98 Å². The first-order valence-electron chi connectivity index (χ1n) is 7.17. The minimum atomic E-state index is -0.293. The summed E-state index contributed by atoms with van der Waals surface area (Å²) in [5, 5.41) is 3.62. The number of hydrogen-bond acceptors (Lipinski definition) is 2. The van der Waals surface area contributed by atoms with Gasteiger partial charge in [0.1, 0.15) is 5.82 Å². The first-order chi connectivity index (χ1) is 9.74. The fraction of sp³-hybridized carbons (Fsp3) is 0.353. The fourth-order valence-corrected chi connectivity index (χ4v) is 2.38. The average molecular weight is 272 g/mol. The molecule has 2 atom stereocenters. The first kappa shape index (κ1) is 14.7. The zero-order valence-corrected chi connectivity index (χ0v) is 12.0. The van der Waals surface area contributed by atoms with E-state index in [1.807, 2.05) is 6.07 Å². The van der Waals surface area contributed by atoms with E-state index in [1.165, 1.54) is 17.8 Å². The van der Waals surface area contributed by atoms with Crippen LogP contribution in [0.5, 0.6) is 0 Å². The fourth-order valence-electron chi connectivity index (χ4n) is 2.38. The minimum Gasteiger partial charge on any atom is -0.302 e. The smallest absolute Gasteiger partial charge is 0.141 e. The molecule has 0 aliphatic heterocycles. The van der Waals surface area contributed by atoms with Crippen LogP contribution >= 0.6 is 0 Å². The maximum atomic E-state index is 13.0. The van der Waals surface area contributed by atoms with Gasteiger partial charge >= 0.3 is 0 Å². The molecule has 0 spiro atoms. The Bertz CT molecular complexity index is 510. The lowest BCUT2D eigenvalue weighted by atomic mass is 10.0. The summed E-state index contributed by atoms with van der Waals surface area (Å²) < 4.78 is 13.0. The Hall–Kier alpha value is -1.74. The molecule has 0 saturated carbocycles. The number of benzene rings is 1. The molecule has 0 saturated heterocycles. The van der Waals surface area contributed by atoms with E-state index in [0.29, 0.717) is 0 Å². The van der Waals surface area contributed by atoms with Gasteiger partial charge in [0.15, 0.2) is 0 Å². The molecule has 0 aliphatic rings. The Kier molecular flexibility index (Phi) is 5.24. The molecule has 1 aromatic carbocycles. The molecule has 106 valence electrons. The highest BCUT2D eigenvalue weighted by Crippen LogP contribution is 2.23. The van der Waals surface area contributed by atoms with Crippen molar-refractivity contribution in [3.05, 3.63) is 65.7 Å². The molecule has 0 bridgehead atoms. The van der Waals surface area contributed by atoms with Crippen LogP contribution in [0.3, 0.4) is 0 Å². The van der Waals surface area contributed by atoms with Crippen molar-refractivity contribution in [3.8, 4) is 0 Å². The zero-order chi connectivity index (χ0) is 14.4. The lowest BCUT2D eigenvalue weighted by Gasteiger charge is -2.24. The minimum absolute atomic E-state index is 0.140. The van der Waals surface area contributed by atoms with Gasteiger partial charge < -0.3 is 5.32 Å². The summed E-state index contributed by atoms with van der Waals surface area (Å²) in [4.78, 5) is 4.19. The van der Waals surface area contributed by atoms with Crippen LogP contribution in [0.25, 0.3) is 0 Å². The maximum Gasteiger partial charge on any atom is 0.141 e. The molecule has 0 aliphatic carbocycles. The molecule has 3 heteroatoms. The van der Waals surface area contributed by atoms with Crippen LogP contribution < -0.4 is 5.32 Å². The third-order valence-corrected chi connectivity index (χ3v) is 3.53. The van der Waals surface area contributed by atoms with Crippen molar-refractivity contribution in [2.45, 2.75) is 38.8 Å². The van der Waals surface area contributed by atoms with Gasteiger partial charge in [-0.2, -0.15) is 0 Å². The highest BCUT2D eigenvalue weighted by atomic mass is 19.1. The van der Waals surface area contributed by atoms with Gasteiger partial charge in [-0.1, -0.05) is 44.2 Å². The normalized spacial score (nSPS) is 13.9. The van der Waals surface area contributed by atoms with Gasteiger partial charge in [-0.3, -0.25) is 4.98 Å². The molecule has 1 N–H and O–H groups in total. The van der Waals surface area contributed by atoms with Gasteiger partial charge in [0.25, 0.3) is 0 Å². The van der Waals surface area contributed by atoms with Crippen molar-refractivity contribution in [3.63, 3.8) is 0 Å². The van der Waals surface area contributed by atoms with E-state index in [2.05, 4.69) is 48.4 Å². The highest BCUT2D eigenvalue weighted by molar-refractivity contribution is 5.20. The standard InChI is InChI=1S/C17H21FN2/c1-3-15(13-8-6-5-7-9-13)20-16(4-2)17-11-10-14(18)12-19-17/h5-12,15-16,20H,3-4H2,1-2H3. The van der Waals surface area contributed by atoms with E-state index < -0.39 is 0 Å². The molecular weight excluding hydrogens is 251 g/mol. The molecule has 2 unspecified atom stereocenters. The van der Waals surface area contributed by atoms with Gasteiger partial charge in [-0.15, -0.1) is 0 Å². The van der Waals surface area contributed by atoms with Gasteiger partial charge in [-0.05, 0) is 30.5 Å². The molecule has 2 aromatic rings. The van der Waals surface area contributed by atoms with Crippen LogP contribution in [-0.2, 0) is 0 Å². The van der Waals surface area contributed by atoms with Crippen LogP contribution in [0.2, 0.25) is 0 Å². The van der Waals surface area contributed by atoms with E-state index >= 15 is 0 Å². The number of nitrogens with zero attached hydrogens (tertiary/aromatic N) is 1. The quantitative estimate of drug-likeness (QED) is 0.842. The second kappa shape index (κ2) is 7.15. The monoisotopic (exact) mass is 272 g/mol. The topological polar surface area (TPSA) is 24.9 Å². The first-order valence-corrected chi connectivity index (χ1v) is 7.17. The summed E-state index contributed by atoms with van der Waals surface area (Å²) in [7, 11) is 0. The number of hydrogen-bond donors (Lipinski definition) is 1. The molecule has 1 aromatic heterocycles. The molecule has 20 heavy (non-hydrogen) atoms. The second-order valence-electron chi connectivity index (χ2n) is 4.90. The molecule has 0 amide bonds. The van der Waals surface area contributed by atoms with E-state index in [0.717, 1.165) is 18.5 Å². The van der Waals surface area contributed by atoms with Crippen LogP contribution in [0.1, 0.15) is 50.0 Å². The lowest BCUT2D eigenvalue weighted by Crippen LogP contribution is -2.26. The van der Waals surface area contributed by atoms with E-state index in [1.54, 1.807) is 6.07 Å². The Morgan fingerprint density at radius 3 is 2.25 bits per heavy atom. The summed E-state index contributed by atoms with van der Waals surface area (Å²) in [6, 6.07) is 14.0. The van der Waals surface area contributed by atoms with Crippen molar-refractivity contribution in [1.82, 2.24) is 10.3 Å². The summed E-state index contributed by atoms with van der Waals surface area (Å²) in [6.07, 6.45) is 3.20. The predicted octanol–water partition coefficient (Wildman–Crippen LogP) is 4.41. The van der Waals surface area contributed by atoms with Crippen molar-refractivity contribution >= 4 is 0 Å². The average Bonchev–Trinajstić information content (AvgIpc) is 2.51. The van der Waals surface area contributed by atoms with Crippen molar-refractivity contribution in [2.24, 2.45) is 0 Å². The largest absolute Gasteiger partial charge is 0.302 e. The van der Waals surface area contributed by atoms with Gasteiger partial charge in [0.2, 0.25) is 0 Å². The molecular formula is C17H21FN2. The number of aromatic nitrogens is 1. The number of rotatable bonds is 6. The number of nitrogens with one attached hydrogen (secondary N) is 1. The third-order valence-electron chi connectivity index (χ3n) is 3.53. The van der Waals surface area contributed by atoms with Crippen molar-refractivity contribution in [1.29, 1.82) is 0 Å². The van der Waals surface area contributed by atoms with Gasteiger partial charge in [0.05, 0.1) is 11.9 Å². The maximum absolute atomic E-state index is 13.0. The van der Waals surface area contributed by atoms with E-state index in [4.69, 9.17) is 0 Å². The zero-order valence-electron chi connectivity index (χ0n) is 12.0. The SMILES string of the molecule is CCC(NC(CC)c1ccc(F)cn1)c1ccccc1. The third kappa shape index (κ3) is 3.64. The second-order valence-corrected chi connectivity index (χ2v) is 4.90. The molecule has 1 heterocycles.